The molecule has 0 spiro atoms. The summed E-state index contributed by atoms with van der Waals surface area (Å²) in [5.41, 5.74) is 1.25. The number of hydrogen-bond acceptors (Lipinski definition) is 2. The molecule has 0 aliphatic heterocycles. The van der Waals surface area contributed by atoms with Gasteiger partial charge in [0.1, 0.15) is 5.78 Å². The van der Waals surface area contributed by atoms with E-state index >= 15 is 0 Å². The van der Waals surface area contributed by atoms with Crippen molar-refractivity contribution in [2.24, 2.45) is 0 Å². The van der Waals surface area contributed by atoms with Gasteiger partial charge in [-0.2, -0.15) is 5.26 Å². The molecule has 0 N–H and O–H groups in total. The highest BCUT2D eigenvalue weighted by atomic mass is 16.1. The van der Waals surface area contributed by atoms with Crippen molar-refractivity contribution < 1.29 is 4.79 Å². The van der Waals surface area contributed by atoms with Crippen LogP contribution < -0.4 is 0 Å². The van der Waals surface area contributed by atoms with E-state index in [-0.39, 0.29) is 11.7 Å². The Labute approximate surface area is 126 Å². The van der Waals surface area contributed by atoms with Crippen molar-refractivity contribution in [1.29, 1.82) is 5.26 Å². The first kappa shape index (κ1) is 15.0. The van der Waals surface area contributed by atoms with Gasteiger partial charge in [0.15, 0.2) is 0 Å². The Kier molecular flexibility index (Phi) is 4.55. The highest BCUT2D eigenvalue weighted by Crippen LogP contribution is 2.40. The summed E-state index contributed by atoms with van der Waals surface area (Å²) in [4.78, 5) is 11.7. The molecule has 0 unspecified atom stereocenters. The van der Waals surface area contributed by atoms with Crippen LogP contribution in [0, 0.1) is 11.3 Å². The van der Waals surface area contributed by atoms with E-state index in [9.17, 15) is 10.1 Å². The Morgan fingerprint density at radius 3 is 2.10 bits per heavy atom. The minimum Gasteiger partial charge on any atom is -0.300 e. The number of nitriles is 1. The Hall–Kier alpha value is -2.40. The number of ketones is 1. The number of benzene rings is 2. The van der Waals surface area contributed by atoms with Crippen molar-refractivity contribution in [2.45, 2.75) is 31.6 Å². The molecule has 0 saturated carbocycles. The van der Waals surface area contributed by atoms with Gasteiger partial charge >= 0.3 is 0 Å². The predicted octanol–water partition coefficient (Wildman–Crippen LogP) is 4.23. The second-order valence-electron chi connectivity index (χ2n) is 5.55. The lowest BCUT2D eigenvalue weighted by atomic mass is 9.68. The second-order valence-corrected chi connectivity index (χ2v) is 5.55. The summed E-state index contributed by atoms with van der Waals surface area (Å²) in [7, 11) is 0. The Balaban J connectivity index is 2.53. The molecule has 0 heterocycles. The van der Waals surface area contributed by atoms with E-state index in [1.165, 1.54) is 0 Å². The van der Waals surface area contributed by atoms with E-state index in [0.717, 1.165) is 11.1 Å². The molecule has 106 valence electrons. The fourth-order valence-electron chi connectivity index (χ4n) is 2.76. The van der Waals surface area contributed by atoms with Gasteiger partial charge in [0.25, 0.3) is 0 Å². The third kappa shape index (κ3) is 3.20. The summed E-state index contributed by atoms with van der Waals surface area (Å²) in [5, 5.41) is 9.82. The Morgan fingerprint density at radius 1 is 1.10 bits per heavy atom. The van der Waals surface area contributed by atoms with Crippen molar-refractivity contribution in [3.63, 3.8) is 0 Å². The van der Waals surface area contributed by atoms with Crippen LogP contribution in [0.25, 0.3) is 0 Å². The van der Waals surface area contributed by atoms with Gasteiger partial charge in [0, 0.05) is 12.3 Å². The van der Waals surface area contributed by atoms with Crippen molar-refractivity contribution >= 4 is 5.78 Å². The third-order valence-corrected chi connectivity index (χ3v) is 4.00. The van der Waals surface area contributed by atoms with Crippen LogP contribution in [0.3, 0.4) is 0 Å². The maximum atomic E-state index is 11.7. The van der Waals surface area contributed by atoms with Crippen LogP contribution in [0.15, 0.2) is 60.7 Å². The molecule has 0 bridgehead atoms. The second kappa shape index (κ2) is 6.37. The lowest BCUT2D eigenvalue weighted by molar-refractivity contribution is -0.117. The molecule has 0 fully saturated rings. The first-order chi connectivity index (χ1) is 10.1. The zero-order valence-electron chi connectivity index (χ0n) is 12.4. The van der Waals surface area contributed by atoms with Crippen LogP contribution in [0.4, 0.5) is 0 Å². The van der Waals surface area contributed by atoms with Gasteiger partial charge < -0.3 is 4.79 Å². The van der Waals surface area contributed by atoms with Gasteiger partial charge in [0.2, 0.25) is 0 Å². The summed E-state index contributed by atoms with van der Waals surface area (Å²) < 4.78 is 0. The van der Waals surface area contributed by atoms with Gasteiger partial charge in [-0.3, -0.25) is 0 Å². The molecule has 0 aliphatic carbocycles. The maximum absolute atomic E-state index is 11.7. The summed E-state index contributed by atoms with van der Waals surface area (Å²) >= 11 is 0. The molecule has 2 aromatic rings. The van der Waals surface area contributed by atoms with Gasteiger partial charge in [-0.1, -0.05) is 60.7 Å². The van der Waals surface area contributed by atoms with Gasteiger partial charge in [-0.15, -0.1) is 0 Å². The SMILES string of the molecule is CC(=O)C[C@H](c1ccccc1)[C@](C)(C#N)c1ccccc1. The summed E-state index contributed by atoms with van der Waals surface area (Å²) in [6.45, 7) is 3.50. The monoisotopic (exact) mass is 277 g/mol. The lowest BCUT2D eigenvalue weighted by Crippen LogP contribution is -2.30. The summed E-state index contributed by atoms with van der Waals surface area (Å²) in [6.07, 6.45) is 0.364. The normalized spacial score (nSPS) is 14.7. The van der Waals surface area contributed by atoms with Crippen LogP contribution in [-0.2, 0) is 10.2 Å². The Bertz CT molecular complexity index is 642. The fourth-order valence-corrected chi connectivity index (χ4v) is 2.76. The van der Waals surface area contributed by atoms with Gasteiger partial charge in [-0.25, -0.2) is 0 Å². The van der Waals surface area contributed by atoms with Crippen LogP contribution in [0.1, 0.15) is 37.3 Å². The summed E-state index contributed by atoms with van der Waals surface area (Å²) in [6, 6.07) is 22.0. The third-order valence-electron chi connectivity index (χ3n) is 4.00. The number of nitrogens with zero attached hydrogens (tertiary/aromatic N) is 1. The quantitative estimate of drug-likeness (QED) is 0.820. The molecule has 0 aliphatic rings. The Morgan fingerprint density at radius 2 is 1.62 bits per heavy atom. The van der Waals surface area contributed by atoms with E-state index in [4.69, 9.17) is 0 Å². The fraction of sp³-hybridized carbons (Fsp3) is 0.263. The van der Waals surface area contributed by atoms with Crippen LogP contribution in [0.2, 0.25) is 0 Å². The van der Waals surface area contributed by atoms with Crippen LogP contribution in [0.5, 0.6) is 0 Å². The van der Waals surface area contributed by atoms with E-state index in [2.05, 4.69) is 6.07 Å². The smallest absolute Gasteiger partial charge is 0.130 e. The molecule has 2 heteroatoms. The maximum Gasteiger partial charge on any atom is 0.130 e. The number of carbonyl (C=O) groups is 1. The molecule has 0 aromatic heterocycles. The molecule has 21 heavy (non-hydrogen) atoms. The highest BCUT2D eigenvalue weighted by molar-refractivity contribution is 5.77. The molecule has 2 rings (SSSR count). The number of rotatable bonds is 5. The van der Waals surface area contributed by atoms with E-state index in [0.29, 0.717) is 6.42 Å². The van der Waals surface area contributed by atoms with E-state index in [1.54, 1.807) is 6.92 Å². The number of carbonyl (C=O) groups excluding carboxylic acids is 1. The lowest BCUT2D eigenvalue weighted by Gasteiger charge is -2.32. The highest BCUT2D eigenvalue weighted by Gasteiger charge is 2.37. The molecule has 2 nitrogen and oxygen atoms in total. The number of hydrogen-bond donors (Lipinski definition) is 0. The standard InChI is InChI=1S/C19H19NO/c1-15(21)13-18(16-9-5-3-6-10-16)19(2,14-20)17-11-7-4-8-12-17/h3-12,18H,13H2,1-2H3/t18-,19-/m1/s1. The van der Waals surface area contributed by atoms with E-state index < -0.39 is 5.41 Å². The molecule has 2 aromatic carbocycles. The largest absolute Gasteiger partial charge is 0.300 e. The zero-order chi connectivity index (χ0) is 15.3. The molecule has 0 radical (unpaired) electrons. The molecule has 2 atom stereocenters. The predicted molar refractivity (Wildman–Crippen MR) is 83.9 cm³/mol. The first-order valence-corrected chi connectivity index (χ1v) is 7.09. The minimum atomic E-state index is -0.728. The zero-order valence-corrected chi connectivity index (χ0v) is 12.4. The van der Waals surface area contributed by atoms with Crippen molar-refractivity contribution in [3.8, 4) is 6.07 Å². The molecular weight excluding hydrogens is 258 g/mol. The van der Waals surface area contributed by atoms with Crippen molar-refractivity contribution in [2.75, 3.05) is 0 Å². The first-order valence-electron chi connectivity index (χ1n) is 7.09. The molecule has 0 saturated heterocycles. The topological polar surface area (TPSA) is 40.9 Å². The molecule has 0 amide bonds. The minimum absolute atomic E-state index is 0.0984. The van der Waals surface area contributed by atoms with Crippen LogP contribution >= 0.6 is 0 Å². The van der Waals surface area contributed by atoms with Crippen molar-refractivity contribution in [1.82, 2.24) is 0 Å². The summed E-state index contributed by atoms with van der Waals surface area (Å²) in [5.74, 6) is -0.0511. The average Bonchev–Trinajstić information content (AvgIpc) is 2.53. The average molecular weight is 277 g/mol. The van der Waals surface area contributed by atoms with Gasteiger partial charge in [0.05, 0.1) is 11.5 Å². The molecular formula is C19H19NO. The van der Waals surface area contributed by atoms with Crippen molar-refractivity contribution in [3.05, 3.63) is 71.8 Å². The van der Waals surface area contributed by atoms with E-state index in [1.807, 2.05) is 67.6 Å². The van der Waals surface area contributed by atoms with Crippen LogP contribution in [-0.4, -0.2) is 5.78 Å². The number of Topliss-reactive ketones (excluding diaryl/α,β-unsaturated/α-hetero) is 1. The van der Waals surface area contributed by atoms with Gasteiger partial charge in [-0.05, 0) is 25.0 Å².